The Labute approximate surface area is 99.9 Å². The Morgan fingerprint density at radius 2 is 2.24 bits per heavy atom. The molecule has 2 rings (SSSR count). The van der Waals surface area contributed by atoms with E-state index in [9.17, 15) is 0 Å². The maximum atomic E-state index is 5.70. The fourth-order valence-corrected chi connectivity index (χ4v) is 1.47. The molecule has 2 aromatic heterocycles. The minimum Gasteiger partial charge on any atom is -0.397 e. The molecule has 90 valence electrons. The van der Waals surface area contributed by atoms with E-state index in [1.165, 1.54) is 0 Å². The van der Waals surface area contributed by atoms with Crippen LogP contribution in [0.3, 0.4) is 0 Å². The summed E-state index contributed by atoms with van der Waals surface area (Å²) in [6.45, 7) is 2.64. The van der Waals surface area contributed by atoms with Crippen LogP contribution in [0.5, 0.6) is 0 Å². The van der Waals surface area contributed by atoms with Crippen LogP contribution >= 0.6 is 0 Å². The monoisotopic (exact) mass is 232 g/mol. The van der Waals surface area contributed by atoms with E-state index < -0.39 is 0 Å². The summed E-state index contributed by atoms with van der Waals surface area (Å²) in [5, 5.41) is 7.41. The Morgan fingerprint density at radius 3 is 2.88 bits per heavy atom. The average molecular weight is 232 g/mol. The van der Waals surface area contributed by atoms with E-state index in [2.05, 4.69) is 20.4 Å². The number of nitrogens with one attached hydrogen (secondary N) is 1. The van der Waals surface area contributed by atoms with Gasteiger partial charge < -0.3 is 11.1 Å². The normalized spacial score (nSPS) is 10.5. The van der Waals surface area contributed by atoms with Crippen LogP contribution in [0.2, 0.25) is 0 Å². The maximum absolute atomic E-state index is 5.70. The Balaban J connectivity index is 1.87. The Morgan fingerprint density at radius 1 is 1.41 bits per heavy atom. The number of aryl methyl sites for hydroxylation is 2. The molecule has 0 spiro atoms. The molecule has 0 aliphatic carbocycles. The van der Waals surface area contributed by atoms with E-state index in [4.69, 9.17) is 5.73 Å². The van der Waals surface area contributed by atoms with E-state index in [0.29, 0.717) is 5.69 Å². The molecule has 6 heteroatoms. The molecule has 0 aliphatic heterocycles. The zero-order valence-electron chi connectivity index (χ0n) is 10.0. The van der Waals surface area contributed by atoms with Crippen LogP contribution in [0.1, 0.15) is 11.5 Å². The molecule has 17 heavy (non-hydrogen) atoms. The zero-order chi connectivity index (χ0) is 12.3. The summed E-state index contributed by atoms with van der Waals surface area (Å²) in [6.07, 6.45) is 2.47. The lowest BCUT2D eigenvalue weighted by Gasteiger charge is -2.06. The molecule has 2 heterocycles. The predicted molar refractivity (Wildman–Crippen MR) is 66.6 cm³/mol. The molecule has 6 nitrogen and oxygen atoms in total. The van der Waals surface area contributed by atoms with Crippen molar-refractivity contribution in [3.8, 4) is 0 Å². The largest absolute Gasteiger partial charge is 0.397 e. The summed E-state index contributed by atoms with van der Waals surface area (Å²) in [5.41, 5.74) is 7.25. The van der Waals surface area contributed by atoms with Crippen LogP contribution < -0.4 is 11.1 Å². The summed E-state index contributed by atoms with van der Waals surface area (Å²) in [7, 11) is 1.86. The molecule has 0 atom stereocenters. The van der Waals surface area contributed by atoms with Crippen LogP contribution in [0.15, 0.2) is 18.5 Å². The first-order chi connectivity index (χ1) is 8.15. The second kappa shape index (κ2) is 4.82. The van der Waals surface area contributed by atoms with Gasteiger partial charge in [0.25, 0.3) is 0 Å². The van der Waals surface area contributed by atoms with Crippen LogP contribution in [-0.2, 0) is 13.5 Å². The van der Waals surface area contributed by atoms with Gasteiger partial charge in [-0.2, -0.15) is 5.10 Å². The van der Waals surface area contributed by atoms with Crippen LogP contribution in [0.25, 0.3) is 0 Å². The van der Waals surface area contributed by atoms with Crippen molar-refractivity contribution < 1.29 is 0 Å². The van der Waals surface area contributed by atoms with Gasteiger partial charge in [-0.1, -0.05) is 0 Å². The molecular formula is C11H16N6. The number of hydrogen-bond donors (Lipinski definition) is 2. The number of rotatable bonds is 4. The summed E-state index contributed by atoms with van der Waals surface area (Å²) in [4.78, 5) is 8.48. The lowest BCUT2D eigenvalue weighted by Crippen LogP contribution is -2.08. The molecule has 0 aromatic carbocycles. The van der Waals surface area contributed by atoms with Gasteiger partial charge in [0.15, 0.2) is 5.82 Å². The van der Waals surface area contributed by atoms with Gasteiger partial charge in [0.2, 0.25) is 0 Å². The van der Waals surface area contributed by atoms with Gasteiger partial charge in [-0.05, 0) is 19.1 Å². The number of hydrogen-bond acceptors (Lipinski definition) is 5. The van der Waals surface area contributed by atoms with E-state index >= 15 is 0 Å². The van der Waals surface area contributed by atoms with Gasteiger partial charge in [0.1, 0.15) is 12.1 Å². The van der Waals surface area contributed by atoms with Crippen LogP contribution in [0, 0.1) is 6.92 Å². The number of aromatic nitrogens is 4. The van der Waals surface area contributed by atoms with Gasteiger partial charge in [-0.25, -0.2) is 9.97 Å². The highest BCUT2D eigenvalue weighted by atomic mass is 15.3. The standard InChI is InChI=1S/C11H16N6/c1-8-9(12)3-4-10(15-8)13-6-5-11-14-7-17(2)16-11/h3-4,7H,5-6,12H2,1-2H3,(H,13,15). The summed E-state index contributed by atoms with van der Waals surface area (Å²) in [5.74, 6) is 1.65. The molecule has 0 radical (unpaired) electrons. The fraction of sp³-hybridized carbons (Fsp3) is 0.364. The SMILES string of the molecule is Cc1nc(NCCc2ncn(C)n2)ccc1N. The summed E-state index contributed by atoms with van der Waals surface area (Å²) < 4.78 is 1.70. The first-order valence-corrected chi connectivity index (χ1v) is 5.46. The molecule has 0 saturated heterocycles. The Kier molecular flexibility index (Phi) is 3.22. The minimum absolute atomic E-state index is 0.710. The summed E-state index contributed by atoms with van der Waals surface area (Å²) in [6, 6.07) is 3.72. The van der Waals surface area contributed by atoms with Gasteiger partial charge in [0.05, 0.1) is 11.4 Å². The Bertz CT molecular complexity index is 504. The number of nitrogens with two attached hydrogens (primary N) is 1. The molecule has 0 aliphatic rings. The Hall–Kier alpha value is -2.11. The number of nitrogens with zero attached hydrogens (tertiary/aromatic N) is 4. The van der Waals surface area contributed by atoms with E-state index in [1.807, 2.05) is 26.1 Å². The quantitative estimate of drug-likeness (QED) is 0.813. The molecule has 0 saturated carbocycles. The third kappa shape index (κ3) is 2.93. The maximum Gasteiger partial charge on any atom is 0.152 e. The lowest BCUT2D eigenvalue weighted by molar-refractivity contribution is 0.741. The molecule has 0 amide bonds. The third-order valence-corrected chi connectivity index (χ3v) is 2.43. The first-order valence-electron chi connectivity index (χ1n) is 5.46. The number of nitrogen functional groups attached to an aromatic ring is 1. The molecular weight excluding hydrogens is 216 g/mol. The van der Waals surface area contributed by atoms with E-state index in [1.54, 1.807) is 11.0 Å². The molecule has 0 bridgehead atoms. The van der Waals surface area contributed by atoms with Crippen molar-refractivity contribution in [1.82, 2.24) is 19.7 Å². The van der Waals surface area contributed by atoms with Gasteiger partial charge in [-0.15, -0.1) is 0 Å². The van der Waals surface area contributed by atoms with Crippen molar-refractivity contribution in [2.24, 2.45) is 7.05 Å². The second-order valence-electron chi connectivity index (χ2n) is 3.88. The third-order valence-electron chi connectivity index (χ3n) is 2.43. The minimum atomic E-state index is 0.710. The van der Waals surface area contributed by atoms with Crippen LogP contribution in [-0.4, -0.2) is 26.3 Å². The molecule has 0 unspecified atom stereocenters. The first kappa shape index (κ1) is 11.4. The fourth-order valence-electron chi connectivity index (χ4n) is 1.47. The highest BCUT2D eigenvalue weighted by molar-refractivity contribution is 5.48. The highest BCUT2D eigenvalue weighted by Gasteiger charge is 2.00. The summed E-state index contributed by atoms with van der Waals surface area (Å²) >= 11 is 0. The number of pyridine rings is 1. The zero-order valence-corrected chi connectivity index (χ0v) is 10.0. The highest BCUT2D eigenvalue weighted by Crippen LogP contribution is 2.11. The molecule has 3 N–H and O–H groups in total. The molecule has 0 fully saturated rings. The smallest absolute Gasteiger partial charge is 0.152 e. The average Bonchev–Trinajstić information content (AvgIpc) is 2.70. The molecule has 2 aromatic rings. The van der Waals surface area contributed by atoms with Gasteiger partial charge in [0, 0.05) is 20.0 Å². The van der Waals surface area contributed by atoms with Gasteiger partial charge >= 0.3 is 0 Å². The lowest BCUT2D eigenvalue weighted by atomic mass is 10.3. The second-order valence-corrected chi connectivity index (χ2v) is 3.88. The van der Waals surface area contributed by atoms with Crippen molar-refractivity contribution in [2.75, 3.05) is 17.6 Å². The predicted octanol–water partition coefficient (Wildman–Crippen LogP) is 0.755. The topological polar surface area (TPSA) is 81.7 Å². The van der Waals surface area contributed by atoms with E-state index in [-0.39, 0.29) is 0 Å². The van der Waals surface area contributed by atoms with Crippen molar-refractivity contribution >= 4 is 11.5 Å². The number of anilines is 2. The van der Waals surface area contributed by atoms with Crippen molar-refractivity contribution in [2.45, 2.75) is 13.3 Å². The van der Waals surface area contributed by atoms with Crippen LogP contribution in [0.4, 0.5) is 11.5 Å². The van der Waals surface area contributed by atoms with Crippen molar-refractivity contribution in [1.29, 1.82) is 0 Å². The van der Waals surface area contributed by atoms with Crippen molar-refractivity contribution in [3.63, 3.8) is 0 Å². The van der Waals surface area contributed by atoms with Crippen molar-refractivity contribution in [3.05, 3.63) is 30.0 Å². The van der Waals surface area contributed by atoms with E-state index in [0.717, 1.165) is 30.3 Å². The van der Waals surface area contributed by atoms with Gasteiger partial charge in [-0.3, -0.25) is 4.68 Å².